The first-order chi connectivity index (χ1) is 15.2. The van der Waals surface area contributed by atoms with E-state index in [0.717, 1.165) is 32.2 Å². The summed E-state index contributed by atoms with van der Waals surface area (Å²) >= 11 is 0. The lowest BCUT2D eigenvalue weighted by molar-refractivity contribution is -0.139. The van der Waals surface area contributed by atoms with Crippen LogP contribution in [0.4, 0.5) is 10.2 Å². The number of hydrogen-bond donors (Lipinski definition) is 1. The lowest BCUT2D eigenvalue weighted by Gasteiger charge is -2.36. The maximum absolute atomic E-state index is 13.7. The van der Waals surface area contributed by atoms with E-state index < -0.39 is 0 Å². The highest BCUT2D eigenvalue weighted by Gasteiger charge is 2.30. The van der Waals surface area contributed by atoms with Gasteiger partial charge in [-0.05, 0) is 43.9 Å². The number of nitrogens with zero attached hydrogens (tertiary/aromatic N) is 5. The number of carbonyl (C=O) groups excluding carboxylic acids is 1. The third-order valence-electron chi connectivity index (χ3n) is 6.01. The number of imidazole rings is 1. The van der Waals surface area contributed by atoms with E-state index >= 15 is 0 Å². The van der Waals surface area contributed by atoms with Gasteiger partial charge in [-0.2, -0.15) is 0 Å². The predicted octanol–water partition coefficient (Wildman–Crippen LogP) is 2.76. The van der Waals surface area contributed by atoms with Gasteiger partial charge in [0.25, 0.3) is 0 Å². The van der Waals surface area contributed by atoms with Crippen molar-refractivity contribution >= 4 is 17.4 Å². The summed E-state index contributed by atoms with van der Waals surface area (Å²) in [6.07, 6.45) is 8.24. The molecule has 0 saturated carbocycles. The maximum atomic E-state index is 13.7. The number of likely N-dealkylation sites (tertiary alicyclic amines) is 1. The lowest BCUT2D eigenvalue weighted by atomic mass is 9.96. The molecule has 2 aliphatic heterocycles. The first-order valence-corrected chi connectivity index (χ1v) is 10.8. The standard InChI is InChI=1S/C22H25FN6O2/c23-16-3-4-20-25-12-18(29(20)13-16)21-24-8-5-19(27-21)26-17-2-1-9-28(14-17)22(30)15-6-10-31-11-7-15/h3-5,8,12-13,15,17H,1-2,6-7,9-11,14H2,(H,24,26,27). The topological polar surface area (TPSA) is 84.6 Å². The Kier molecular flexibility index (Phi) is 5.50. The number of fused-ring (bicyclic) bond motifs is 1. The number of piperidine rings is 1. The molecule has 5 heterocycles. The Morgan fingerprint density at radius 2 is 2.03 bits per heavy atom. The molecular formula is C22H25FN6O2. The molecule has 2 fully saturated rings. The molecule has 0 aliphatic carbocycles. The molecule has 0 spiro atoms. The number of anilines is 1. The van der Waals surface area contributed by atoms with Gasteiger partial charge < -0.3 is 15.0 Å². The molecule has 1 atom stereocenters. The molecule has 162 valence electrons. The SMILES string of the molecule is O=C(C1CCOCC1)N1CCCC(Nc2ccnc(-c3cnc4ccc(F)cn34)n2)C1. The van der Waals surface area contributed by atoms with Crippen molar-refractivity contribution in [2.45, 2.75) is 31.7 Å². The summed E-state index contributed by atoms with van der Waals surface area (Å²) in [4.78, 5) is 28.1. The maximum Gasteiger partial charge on any atom is 0.225 e. The molecule has 2 aliphatic rings. The van der Waals surface area contributed by atoms with E-state index in [1.54, 1.807) is 22.9 Å². The number of pyridine rings is 1. The van der Waals surface area contributed by atoms with Gasteiger partial charge in [0.2, 0.25) is 5.91 Å². The molecule has 1 N–H and O–H groups in total. The van der Waals surface area contributed by atoms with Crippen LogP contribution in [-0.4, -0.2) is 62.5 Å². The van der Waals surface area contributed by atoms with Crippen LogP contribution < -0.4 is 5.32 Å². The van der Waals surface area contributed by atoms with Crippen LogP contribution in [0.2, 0.25) is 0 Å². The van der Waals surface area contributed by atoms with E-state index in [-0.39, 0.29) is 23.7 Å². The molecule has 0 radical (unpaired) electrons. The summed E-state index contributed by atoms with van der Waals surface area (Å²) in [5.74, 6) is 1.12. The minimum Gasteiger partial charge on any atom is -0.381 e. The summed E-state index contributed by atoms with van der Waals surface area (Å²) in [5, 5.41) is 3.46. The van der Waals surface area contributed by atoms with Gasteiger partial charge in [0.1, 0.15) is 23.0 Å². The van der Waals surface area contributed by atoms with Gasteiger partial charge in [-0.1, -0.05) is 0 Å². The van der Waals surface area contributed by atoms with Crippen LogP contribution in [0.3, 0.4) is 0 Å². The van der Waals surface area contributed by atoms with Crippen LogP contribution in [-0.2, 0) is 9.53 Å². The molecule has 1 amide bonds. The number of rotatable bonds is 4. The molecule has 0 bridgehead atoms. The summed E-state index contributed by atoms with van der Waals surface area (Å²) < 4.78 is 20.7. The van der Waals surface area contributed by atoms with E-state index in [0.29, 0.717) is 42.7 Å². The van der Waals surface area contributed by atoms with Crippen molar-refractivity contribution < 1.29 is 13.9 Å². The molecule has 0 aromatic carbocycles. The smallest absolute Gasteiger partial charge is 0.225 e. The Labute approximate surface area is 179 Å². The molecule has 2 saturated heterocycles. The number of carbonyl (C=O) groups is 1. The molecule has 31 heavy (non-hydrogen) atoms. The Hall–Kier alpha value is -3.07. The predicted molar refractivity (Wildman–Crippen MR) is 113 cm³/mol. The third-order valence-corrected chi connectivity index (χ3v) is 6.01. The van der Waals surface area contributed by atoms with E-state index in [9.17, 15) is 9.18 Å². The van der Waals surface area contributed by atoms with Crippen LogP contribution >= 0.6 is 0 Å². The number of aromatic nitrogens is 4. The Bertz CT molecular complexity index is 1080. The molecular weight excluding hydrogens is 399 g/mol. The molecule has 5 rings (SSSR count). The molecule has 1 unspecified atom stereocenters. The monoisotopic (exact) mass is 424 g/mol. The highest BCUT2D eigenvalue weighted by Crippen LogP contribution is 2.23. The average Bonchev–Trinajstić information content (AvgIpc) is 3.22. The zero-order valence-corrected chi connectivity index (χ0v) is 17.2. The molecule has 3 aromatic heterocycles. The van der Waals surface area contributed by atoms with E-state index in [2.05, 4.69) is 20.3 Å². The fourth-order valence-electron chi connectivity index (χ4n) is 4.39. The second kappa shape index (κ2) is 8.58. The minimum absolute atomic E-state index is 0.0775. The summed E-state index contributed by atoms with van der Waals surface area (Å²) in [6, 6.07) is 4.93. The van der Waals surface area contributed by atoms with Crippen molar-refractivity contribution in [2.75, 3.05) is 31.6 Å². The van der Waals surface area contributed by atoms with Crippen molar-refractivity contribution in [3.05, 3.63) is 42.6 Å². The largest absolute Gasteiger partial charge is 0.381 e. The van der Waals surface area contributed by atoms with Crippen LogP contribution in [0.5, 0.6) is 0 Å². The lowest BCUT2D eigenvalue weighted by Crippen LogP contribution is -2.48. The fourth-order valence-corrected chi connectivity index (χ4v) is 4.39. The zero-order chi connectivity index (χ0) is 21.2. The zero-order valence-electron chi connectivity index (χ0n) is 17.2. The van der Waals surface area contributed by atoms with Gasteiger partial charge >= 0.3 is 0 Å². The highest BCUT2D eigenvalue weighted by atomic mass is 19.1. The Balaban J connectivity index is 1.30. The summed E-state index contributed by atoms with van der Waals surface area (Å²) in [5.41, 5.74) is 1.26. The first kappa shape index (κ1) is 19.9. The average molecular weight is 424 g/mol. The van der Waals surface area contributed by atoms with Gasteiger partial charge in [0, 0.05) is 50.7 Å². The normalized spacial score (nSPS) is 20.2. The highest BCUT2D eigenvalue weighted by molar-refractivity contribution is 5.79. The van der Waals surface area contributed by atoms with Gasteiger partial charge in [-0.25, -0.2) is 19.3 Å². The van der Waals surface area contributed by atoms with Crippen LogP contribution in [0.25, 0.3) is 17.2 Å². The first-order valence-electron chi connectivity index (χ1n) is 10.8. The Morgan fingerprint density at radius 1 is 1.16 bits per heavy atom. The van der Waals surface area contributed by atoms with Gasteiger partial charge in [-0.15, -0.1) is 0 Å². The quantitative estimate of drug-likeness (QED) is 0.693. The van der Waals surface area contributed by atoms with E-state index in [1.165, 1.54) is 12.3 Å². The van der Waals surface area contributed by atoms with Gasteiger partial charge in [0.15, 0.2) is 5.82 Å². The molecule has 3 aromatic rings. The van der Waals surface area contributed by atoms with Gasteiger partial charge in [-0.3, -0.25) is 9.20 Å². The molecule has 9 heteroatoms. The fraction of sp³-hybridized carbons (Fsp3) is 0.455. The number of amides is 1. The second-order valence-corrected chi connectivity index (χ2v) is 8.14. The summed E-state index contributed by atoms with van der Waals surface area (Å²) in [7, 11) is 0. The number of nitrogens with one attached hydrogen (secondary N) is 1. The number of halogens is 1. The van der Waals surface area contributed by atoms with Crippen molar-refractivity contribution in [3.8, 4) is 11.5 Å². The van der Waals surface area contributed by atoms with Crippen LogP contribution in [0.15, 0.2) is 36.8 Å². The molecule has 8 nitrogen and oxygen atoms in total. The van der Waals surface area contributed by atoms with E-state index in [4.69, 9.17) is 4.74 Å². The third kappa shape index (κ3) is 4.23. The van der Waals surface area contributed by atoms with Gasteiger partial charge in [0.05, 0.1) is 6.20 Å². The Morgan fingerprint density at radius 3 is 2.90 bits per heavy atom. The van der Waals surface area contributed by atoms with Crippen molar-refractivity contribution in [1.29, 1.82) is 0 Å². The van der Waals surface area contributed by atoms with Crippen molar-refractivity contribution in [2.24, 2.45) is 5.92 Å². The number of hydrogen-bond acceptors (Lipinski definition) is 6. The van der Waals surface area contributed by atoms with Crippen molar-refractivity contribution in [3.63, 3.8) is 0 Å². The number of ether oxygens (including phenoxy) is 1. The minimum atomic E-state index is -0.350. The van der Waals surface area contributed by atoms with Crippen molar-refractivity contribution in [1.82, 2.24) is 24.3 Å². The van der Waals surface area contributed by atoms with Crippen LogP contribution in [0.1, 0.15) is 25.7 Å². The summed E-state index contributed by atoms with van der Waals surface area (Å²) in [6.45, 7) is 2.80. The van der Waals surface area contributed by atoms with E-state index in [1.807, 2.05) is 11.0 Å². The van der Waals surface area contributed by atoms with Crippen LogP contribution in [0, 0.1) is 11.7 Å². The second-order valence-electron chi connectivity index (χ2n) is 8.14.